The Morgan fingerprint density at radius 1 is 1.43 bits per heavy atom. The Balaban J connectivity index is 0.00000220. The van der Waals surface area contributed by atoms with Crippen molar-refractivity contribution in [3.8, 4) is 5.75 Å². The fourth-order valence-electron chi connectivity index (χ4n) is 2.29. The first-order valence-corrected chi connectivity index (χ1v) is 8.53. The molecule has 0 saturated carbocycles. The van der Waals surface area contributed by atoms with Crippen LogP contribution in [0.1, 0.15) is 31.7 Å². The molecule has 0 bridgehead atoms. The second-order valence-electron chi connectivity index (χ2n) is 5.06. The molecule has 0 fully saturated rings. The van der Waals surface area contributed by atoms with E-state index in [0.717, 1.165) is 37.0 Å². The second-order valence-corrected chi connectivity index (χ2v) is 6.78. The number of benzene rings is 1. The molecule has 1 aromatic carbocycles. The van der Waals surface area contributed by atoms with Crippen LogP contribution in [0, 0.1) is 0 Å². The van der Waals surface area contributed by atoms with Gasteiger partial charge in [-0.15, -0.1) is 12.4 Å². The van der Waals surface area contributed by atoms with E-state index in [4.69, 9.17) is 10.5 Å². The SMILES string of the molecule is CCCCC(CN)NS(=O)(=O)c1ccc2c(c1)CCO2.Cl. The molecule has 1 aliphatic heterocycles. The smallest absolute Gasteiger partial charge is 0.240 e. The van der Waals surface area contributed by atoms with Crippen molar-refractivity contribution in [2.45, 2.75) is 43.5 Å². The van der Waals surface area contributed by atoms with Crippen molar-refractivity contribution in [2.75, 3.05) is 13.2 Å². The Bertz CT molecular complexity index is 563. The van der Waals surface area contributed by atoms with Crippen LogP contribution in [0.4, 0.5) is 0 Å². The van der Waals surface area contributed by atoms with E-state index in [1.54, 1.807) is 18.2 Å². The van der Waals surface area contributed by atoms with Gasteiger partial charge in [0.1, 0.15) is 5.75 Å². The number of nitrogens with two attached hydrogens (primary N) is 1. The summed E-state index contributed by atoms with van der Waals surface area (Å²) in [7, 11) is -3.51. The standard InChI is InChI=1S/C14H22N2O3S.ClH/c1-2-3-4-12(10-15)16-20(17,18)13-5-6-14-11(9-13)7-8-19-14;/h5-6,9,12,16H,2-4,7-8,10,15H2,1H3;1H. The van der Waals surface area contributed by atoms with E-state index in [1.807, 2.05) is 0 Å². The summed E-state index contributed by atoms with van der Waals surface area (Å²) in [5.41, 5.74) is 6.59. The molecule has 2 rings (SSSR count). The van der Waals surface area contributed by atoms with Crippen molar-refractivity contribution < 1.29 is 13.2 Å². The maximum Gasteiger partial charge on any atom is 0.240 e. The van der Waals surface area contributed by atoms with Crippen molar-refractivity contribution in [3.63, 3.8) is 0 Å². The van der Waals surface area contributed by atoms with Gasteiger partial charge in [0.05, 0.1) is 11.5 Å². The third-order valence-corrected chi connectivity index (χ3v) is 5.00. The van der Waals surface area contributed by atoms with Gasteiger partial charge in [0.25, 0.3) is 0 Å². The highest BCUT2D eigenvalue weighted by atomic mass is 35.5. The monoisotopic (exact) mass is 334 g/mol. The molecular weight excluding hydrogens is 312 g/mol. The number of halogens is 1. The van der Waals surface area contributed by atoms with Crippen LogP contribution in [-0.2, 0) is 16.4 Å². The Hall–Kier alpha value is -0.820. The number of ether oxygens (including phenoxy) is 1. The van der Waals surface area contributed by atoms with E-state index in [2.05, 4.69) is 11.6 Å². The molecule has 0 radical (unpaired) electrons. The molecule has 120 valence electrons. The summed E-state index contributed by atoms with van der Waals surface area (Å²) in [6, 6.07) is 4.79. The largest absolute Gasteiger partial charge is 0.493 e. The number of sulfonamides is 1. The maximum atomic E-state index is 12.4. The Kier molecular flexibility index (Phi) is 6.93. The molecule has 1 unspecified atom stereocenters. The fourth-order valence-corrected chi connectivity index (χ4v) is 3.63. The molecule has 21 heavy (non-hydrogen) atoms. The van der Waals surface area contributed by atoms with Crippen LogP contribution in [0.15, 0.2) is 23.1 Å². The van der Waals surface area contributed by atoms with E-state index in [1.165, 1.54) is 0 Å². The van der Waals surface area contributed by atoms with Gasteiger partial charge in [0.2, 0.25) is 10.0 Å². The third-order valence-electron chi connectivity index (χ3n) is 3.48. The average Bonchev–Trinajstić information content (AvgIpc) is 2.90. The Morgan fingerprint density at radius 3 is 2.86 bits per heavy atom. The lowest BCUT2D eigenvalue weighted by molar-refractivity contribution is 0.356. The number of hydrogen-bond donors (Lipinski definition) is 2. The van der Waals surface area contributed by atoms with Crippen LogP contribution in [0.2, 0.25) is 0 Å². The van der Waals surface area contributed by atoms with Gasteiger partial charge in [0, 0.05) is 19.0 Å². The normalized spacial score (nSPS) is 15.0. The van der Waals surface area contributed by atoms with Gasteiger partial charge < -0.3 is 10.5 Å². The number of rotatable bonds is 7. The van der Waals surface area contributed by atoms with Crippen molar-refractivity contribution in [1.82, 2.24) is 4.72 Å². The predicted molar refractivity (Wildman–Crippen MR) is 85.6 cm³/mol. The molecule has 7 heteroatoms. The van der Waals surface area contributed by atoms with Gasteiger partial charge in [0.15, 0.2) is 0 Å². The number of fused-ring (bicyclic) bond motifs is 1. The summed E-state index contributed by atoms with van der Waals surface area (Å²) in [5, 5.41) is 0. The zero-order valence-corrected chi connectivity index (χ0v) is 13.8. The van der Waals surface area contributed by atoms with Crippen LogP contribution in [0.5, 0.6) is 5.75 Å². The molecule has 1 atom stereocenters. The number of unbranched alkanes of at least 4 members (excludes halogenated alkanes) is 1. The summed E-state index contributed by atoms with van der Waals surface area (Å²) in [6.07, 6.45) is 3.51. The Labute approximate surface area is 132 Å². The van der Waals surface area contributed by atoms with Crippen LogP contribution >= 0.6 is 12.4 Å². The lowest BCUT2D eigenvalue weighted by atomic mass is 10.1. The van der Waals surface area contributed by atoms with Crippen molar-refractivity contribution in [2.24, 2.45) is 5.73 Å². The summed E-state index contributed by atoms with van der Waals surface area (Å²) in [6.45, 7) is 3.00. The first-order valence-electron chi connectivity index (χ1n) is 7.05. The highest BCUT2D eigenvalue weighted by Gasteiger charge is 2.21. The first-order chi connectivity index (χ1) is 9.56. The first kappa shape index (κ1) is 18.2. The molecule has 1 aromatic rings. The van der Waals surface area contributed by atoms with Crippen LogP contribution in [-0.4, -0.2) is 27.6 Å². The zero-order chi connectivity index (χ0) is 14.6. The van der Waals surface area contributed by atoms with E-state index in [0.29, 0.717) is 13.2 Å². The molecule has 0 amide bonds. The minimum atomic E-state index is -3.51. The molecule has 0 aromatic heterocycles. The molecule has 5 nitrogen and oxygen atoms in total. The van der Waals surface area contributed by atoms with Crippen molar-refractivity contribution in [3.05, 3.63) is 23.8 Å². The molecule has 3 N–H and O–H groups in total. The van der Waals surface area contributed by atoms with Gasteiger partial charge in [-0.3, -0.25) is 0 Å². The van der Waals surface area contributed by atoms with Gasteiger partial charge >= 0.3 is 0 Å². The summed E-state index contributed by atoms with van der Waals surface area (Å²) in [5.74, 6) is 0.783. The summed E-state index contributed by atoms with van der Waals surface area (Å²) >= 11 is 0. The minimum Gasteiger partial charge on any atom is -0.493 e. The highest BCUT2D eigenvalue weighted by molar-refractivity contribution is 7.89. The van der Waals surface area contributed by atoms with E-state index >= 15 is 0 Å². The highest BCUT2D eigenvalue weighted by Crippen LogP contribution is 2.27. The predicted octanol–water partition coefficient (Wildman–Crippen LogP) is 1.84. The molecule has 0 aliphatic carbocycles. The lowest BCUT2D eigenvalue weighted by Crippen LogP contribution is -2.40. The molecule has 1 heterocycles. The van der Waals surface area contributed by atoms with Gasteiger partial charge in [-0.05, 0) is 30.2 Å². The molecule has 1 aliphatic rings. The Morgan fingerprint density at radius 2 is 2.19 bits per heavy atom. The van der Waals surface area contributed by atoms with Gasteiger partial charge in [-0.25, -0.2) is 13.1 Å². The lowest BCUT2D eigenvalue weighted by Gasteiger charge is -2.17. The third kappa shape index (κ3) is 4.57. The molecule has 0 saturated heterocycles. The topological polar surface area (TPSA) is 81.4 Å². The van der Waals surface area contributed by atoms with E-state index in [-0.39, 0.29) is 23.3 Å². The maximum absolute atomic E-state index is 12.4. The van der Waals surface area contributed by atoms with Gasteiger partial charge in [-0.2, -0.15) is 0 Å². The fraction of sp³-hybridized carbons (Fsp3) is 0.571. The van der Waals surface area contributed by atoms with E-state index in [9.17, 15) is 8.42 Å². The number of hydrogen-bond acceptors (Lipinski definition) is 4. The van der Waals surface area contributed by atoms with Crippen LogP contribution in [0.25, 0.3) is 0 Å². The quantitative estimate of drug-likeness (QED) is 0.797. The van der Waals surface area contributed by atoms with Crippen molar-refractivity contribution >= 4 is 22.4 Å². The second kappa shape index (κ2) is 7.98. The molecule has 0 spiro atoms. The zero-order valence-electron chi connectivity index (χ0n) is 12.2. The minimum absolute atomic E-state index is 0. The number of nitrogens with one attached hydrogen (secondary N) is 1. The summed E-state index contributed by atoms with van der Waals surface area (Å²) in [4.78, 5) is 0.289. The van der Waals surface area contributed by atoms with Crippen LogP contribution in [0.3, 0.4) is 0 Å². The summed E-state index contributed by atoms with van der Waals surface area (Å²) < 4.78 is 32.8. The average molecular weight is 335 g/mol. The molecular formula is C14H23ClN2O3S. The van der Waals surface area contributed by atoms with Crippen molar-refractivity contribution in [1.29, 1.82) is 0 Å². The van der Waals surface area contributed by atoms with Crippen LogP contribution < -0.4 is 15.2 Å². The van der Waals surface area contributed by atoms with Gasteiger partial charge in [-0.1, -0.05) is 19.8 Å². The van der Waals surface area contributed by atoms with E-state index < -0.39 is 10.0 Å².